The van der Waals surface area contributed by atoms with Gasteiger partial charge in [0.15, 0.2) is 11.5 Å². The van der Waals surface area contributed by atoms with Gasteiger partial charge in [0.1, 0.15) is 17.8 Å². The molecule has 8 nitrogen and oxygen atoms in total. The minimum Gasteiger partial charge on any atom is -0.491 e. The van der Waals surface area contributed by atoms with E-state index in [1.54, 1.807) is 0 Å². The summed E-state index contributed by atoms with van der Waals surface area (Å²) in [5.74, 6) is 1.77. The van der Waals surface area contributed by atoms with Crippen LogP contribution in [0.2, 0.25) is 0 Å². The number of ether oxygens (including phenoxy) is 3. The third-order valence-corrected chi connectivity index (χ3v) is 8.09. The summed E-state index contributed by atoms with van der Waals surface area (Å²) in [6, 6.07) is 19.1. The SMILES string of the molecule is O=C(NCCN1CCCC1)c1cccc(CN2C(=O)C3(COc4cc5c(cc43)OCO5)c3ccccc32)c1. The molecule has 4 heterocycles. The number of nitrogens with one attached hydrogen (secondary N) is 1. The highest BCUT2D eigenvalue weighted by Crippen LogP contribution is 2.55. The van der Waals surface area contributed by atoms with Gasteiger partial charge in [0.05, 0.1) is 6.54 Å². The highest BCUT2D eigenvalue weighted by molar-refractivity contribution is 6.11. The highest BCUT2D eigenvalue weighted by Gasteiger charge is 2.57. The van der Waals surface area contributed by atoms with Crippen molar-refractivity contribution in [3.8, 4) is 17.2 Å². The molecule has 2 amide bonds. The number of likely N-dealkylation sites (tertiary alicyclic amines) is 1. The van der Waals surface area contributed by atoms with Crippen molar-refractivity contribution in [3.05, 3.63) is 82.9 Å². The molecule has 4 aliphatic rings. The second-order valence-corrected chi connectivity index (χ2v) is 10.3. The lowest BCUT2D eigenvalue weighted by Gasteiger charge is -2.23. The molecule has 1 unspecified atom stereocenters. The fourth-order valence-electron chi connectivity index (χ4n) is 6.15. The topological polar surface area (TPSA) is 80.3 Å². The molecule has 1 saturated heterocycles. The van der Waals surface area contributed by atoms with Crippen LogP contribution in [0.15, 0.2) is 60.7 Å². The van der Waals surface area contributed by atoms with Crippen LogP contribution in [0.25, 0.3) is 0 Å². The molecule has 38 heavy (non-hydrogen) atoms. The zero-order valence-corrected chi connectivity index (χ0v) is 21.1. The Kier molecular flexibility index (Phi) is 5.51. The molecule has 1 fully saturated rings. The Morgan fingerprint density at radius 2 is 1.71 bits per heavy atom. The van der Waals surface area contributed by atoms with Gasteiger partial charge in [-0.25, -0.2) is 0 Å². The van der Waals surface area contributed by atoms with E-state index in [4.69, 9.17) is 14.2 Å². The molecule has 1 atom stereocenters. The van der Waals surface area contributed by atoms with Crippen molar-refractivity contribution < 1.29 is 23.8 Å². The van der Waals surface area contributed by atoms with E-state index in [1.165, 1.54) is 12.8 Å². The zero-order valence-electron chi connectivity index (χ0n) is 21.1. The third kappa shape index (κ3) is 3.62. The summed E-state index contributed by atoms with van der Waals surface area (Å²) in [4.78, 5) is 31.3. The van der Waals surface area contributed by atoms with E-state index in [1.807, 2.05) is 65.6 Å². The van der Waals surface area contributed by atoms with Crippen LogP contribution in [0.4, 0.5) is 5.69 Å². The molecule has 0 bridgehead atoms. The average Bonchev–Trinajstić information content (AvgIpc) is 3.73. The quantitative estimate of drug-likeness (QED) is 0.546. The van der Waals surface area contributed by atoms with Crippen LogP contribution in [0.5, 0.6) is 17.2 Å². The molecule has 0 aromatic heterocycles. The molecule has 0 aliphatic carbocycles. The van der Waals surface area contributed by atoms with Crippen molar-refractivity contribution in [1.82, 2.24) is 10.2 Å². The molecule has 7 rings (SSSR count). The number of hydrogen-bond acceptors (Lipinski definition) is 6. The van der Waals surface area contributed by atoms with Crippen LogP contribution in [-0.4, -0.2) is 56.3 Å². The van der Waals surface area contributed by atoms with Gasteiger partial charge in [-0.1, -0.05) is 30.3 Å². The van der Waals surface area contributed by atoms with E-state index in [2.05, 4.69) is 10.2 Å². The van der Waals surface area contributed by atoms with Crippen LogP contribution >= 0.6 is 0 Å². The second kappa shape index (κ2) is 9.06. The molecule has 8 heteroatoms. The molecule has 4 aliphatic heterocycles. The summed E-state index contributed by atoms with van der Waals surface area (Å²) in [7, 11) is 0. The smallest absolute Gasteiger partial charge is 0.251 e. The number of hydrogen-bond donors (Lipinski definition) is 1. The minimum atomic E-state index is -0.947. The summed E-state index contributed by atoms with van der Waals surface area (Å²) >= 11 is 0. The first-order valence-electron chi connectivity index (χ1n) is 13.2. The van der Waals surface area contributed by atoms with Crippen molar-refractivity contribution in [2.45, 2.75) is 24.8 Å². The largest absolute Gasteiger partial charge is 0.491 e. The Labute approximate surface area is 221 Å². The van der Waals surface area contributed by atoms with Crippen LogP contribution in [-0.2, 0) is 16.8 Å². The molecule has 1 spiro atoms. The van der Waals surface area contributed by atoms with Crippen LogP contribution in [0.1, 0.15) is 39.9 Å². The molecule has 0 radical (unpaired) electrons. The lowest BCUT2D eigenvalue weighted by Crippen LogP contribution is -2.42. The maximum absolute atomic E-state index is 14.2. The standard InChI is InChI=1S/C30H29N3O5/c34-28(31-10-13-32-11-3-4-12-32)21-7-5-6-20(14-21)17-33-24-9-2-1-8-22(24)30(29(33)35)18-36-25-16-27-26(15-23(25)30)37-19-38-27/h1-2,5-9,14-16H,3-4,10-13,17-19H2,(H,31,34). The number of benzene rings is 3. The first-order chi connectivity index (χ1) is 18.6. The first kappa shape index (κ1) is 23.1. The lowest BCUT2D eigenvalue weighted by atomic mass is 9.77. The van der Waals surface area contributed by atoms with E-state index in [0.717, 1.165) is 42.0 Å². The monoisotopic (exact) mass is 511 g/mol. The highest BCUT2D eigenvalue weighted by atomic mass is 16.7. The summed E-state index contributed by atoms with van der Waals surface area (Å²) in [6.07, 6.45) is 2.47. The van der Waals surface area contributed by atoms with Crippen LogP contribution in [0, 0.1) is 0 Å². The molecular formula is C30H29N3O5. The van der Waals surface area contributed by atoms with E-state index in [-0.39, 0.29) is 25.2 Å². The Morgan fingerprint density at radius 1 is 0.895 bits per heavy atom. The first-order valence-corrected chi connectivity index (χ1v) is 13.2. The van der Waals surface area contributed by atoms with Gasteiger partial charge in [-0.15, -0.1) is 0 Å². The number of para-hydroxylation sites is 1. The fourth-order valence-corrected chi connectivity index (χ4v) is 6.15. The Morgan fingerprint density at radius 3 is 2.58 bits per heavy atom. The van der Waals surface area contributed by atoms with Gasteiger partial charge in [0, 0.05) is 36.0 Å². The number of rotatable bonds is 6. The predicted octanol–water partition coefficient (Wildman–Crippen LogP) is 3.47. The van der Waals surface area contributed by atoms with Crippen molar-refractivity contribution >= 4 is 17.5 Å². The maximum atomic E-state index is 14.2. The Bertz CT molecular complexity index is 1430. The van der Waals surface area contributed by atoms with Crippen molar-refractivity contribution in [2.24, 2.45) is 0 Å². The van der Waals surface area contributed by atoms with Crippen LogP contribution in [0.3, 0.4) is 0 Å². The number of nitrogens with zero attached hydrogens (tertiary/aromatic N) is 2. The number of carbonyl (C=O) groups is 2. The van der Waals surface area contributed by atoms with Crippen molar-refractivity contribution in [3.63, 3.8) is 0 Å². The second-order valence-electron chi connectivity index (χ2n) is 10.3. The van der Waals surface area contributed by atoms with E-state index >= 15 is 0 Å². The predicted molar refractivity (Wildman–Crippen MR) is 141 cm³/mol. The van der Waals surface area contributed by atoms with Gasteiger partial charge in [-0.3, -0.25) is 9.59 Å². The van der Waals surface area contributed by atoms with Gasteiger partial charge >= 0.3 is 0 Å². The van der Waals surface area contributed by atoms with Gasteiger partial charge in [-0.05, 0) is 61.3 Å². The fraction of sp³-hybridized carbons (Fsp3) is 0.333. The van der Waals surface area contributed by atoms with Crippen LogP contribution < -0.4 is 24.4 Å². The van der Waals surface area contributed by atoms with E-state index < -0.39 is 5.41 Å². The van der Waals surface area contributed by atoms with Crippen molar-refractivity contribution in [1.29, 1.82) is 0 Å². The number of carbonyl (C=O) groups excluding carboxylic acids is 2. The molecule has 1 N–H and O–H groups in total. The van der Waals surface area contributed by atoms with Gasteiger partial charge in [0.2, 0.25) is 12.7 Å². The molecule has 3 aromatic rings. The molecule has 194 valence electrons. The van der Waals surface area contributed by atoms with Gasteiger partial charge in [0.25, 0.3) is 5.91 Å². The summed E-state index contributed by atoms with van der Waals surface area (Å²) in [6.45, 7) is 4.44. The Balaban J connectivity index is 1.15. The summed E-state index contributed by atoms with van der Waals surface area (Å²) < 4.78 is 17.2. The molecule has 0 saturated carbocycles. The average molecular weight is 512 g/mol. The van der Waals surface area contributed by atoms with Crippen molar-refractivity contribution in [2.75, 3.05) is 44.5 Å². The third-order valence-electron chi connectivity index (χ3n) is 8.09. The summed E-state index contributed by atoms with van der Waals surface area (Å²) in [5, 5.41) is 3.04. The summed E-state index contributed by atoms with van der Waals surface area (Å²) in [5.41, 5.74) is 3.11. The number of anilines is 1. The van der Waals surface area contributed by atoms with Gasteiger partial charge in [-0.2, -0.15) is 0 Å². The number of amides is 2. The zero-order chi connectivity index (χ0) is 25.7. The maximum Gasteiger partial charge on any atom is 0.251 e. The van der Waals surface area contributed by atoms with E-state index in [0.29, 0.717) is 35.9 Å². The van der Waals surface area contributed by atoms with E-state index in [9.17, 15) is 9.59 Å². The minimum absolute atomic E-state index is 0.0446. The lowest BCUT2D eigenvalue weighted by molar-refractivity contribution is -0.122. The molecule has 3 aromatic carbocycles. The van der Waals surface area contributed by atoms with Gasteiger partial charge < -0.3 is 29.3 Å². The Hall–Kier alpha value is -4.04. The molecular weight excluding hydrogens is 482 g/mol. The normalized spacial score (nSPS) is 21.1. The number of fused-ring (bicyclic) bond motifs is 5.